The summed E-state index contributed by atoms with van der Waals surface area (Å²) in [5.41, 5.74) is -6.07. The van der Waals surface area contributed by atoms with E-state index in [-0.39, 0.29) is 41.4 Å². The molecule has 248 valence electrons. The molecule has 2 heterocycles. The Kier molecular flexibility index (Phi) is 8.24. The van der Waals surface area contributed by atoms with Crippen LogP contribution < -0.4 is 25.1 Å². The van der Waals surface area contributed by atoms with Crippen molar-refractivity contribution in [2.45, 2.75) is 24.4 Å². The van der Waals surface area contributed by atoms with E-state index < -0.39 is 41.6 Å². The molecular formula is C33H23F6N3O6. The van der Waals surface area contributed by atoms with Crippen molar-refractivity contribution < 1.29 is 50.5 Å². The minimum atomic E-state index is -6.08. The number of aliphatic hydroxyl groups is 1. The van der Waals surface area contributed by atoms with Crippen LogP contribution in [0.4, 0.5) is 32.0 Å². The summed E-state index contributed by atoms with van der Waals surface area (Å²) in [7, 11) is 0. The third kappa shape index (κ3) is 6.11. The number of halogens is 6. The van der Waals surface area contributed by atoms with E-state index in [4.69, 9.17) is 14.2 Å². The van der Waals surface area contributed by atoms with Gasteiger partial charge in [0.2, 0.25) is 6.79 Å². The quantitative estimate of drug-likeness (QED) is 0.194. The maximum atomic E-state index is 13.9. The molecular weight excluding hydrogens is 648 g/mol. The Morgan fingerprint density at radius 2 is 1.56 bits per heavy atom. The van der Waals surface area contributed by atoms with E-state index >= 15 is 0 Å². The van der Waals surface area contributed by atoms with Gasteiger partial charge < -0.3 is 24.6 Å². The Balaban J connectivity index is 1.33. The van der Waals surface area contributed by atoms with Gasteiger partial charge in [0.15, 0.2) is 18.1 Å². The Hall–Kier alpha value is -5.57. The number of nitrogens with one attached hydrogen (secondary N) is 1. The van der Waals surface area contributed by atoms with E-state index in [2.05, 4.69) is 10.3 Å². The summed E-state index contributed by atoms with van der Waals surface area (Å²) in [6, 6.07) is 20.5. The molecule has 0 atom stereocenters. The lowest BCUT2D eigenvalue weighted by atomic mass is 9.92. The summed E-state index contributed by atoms with van der Waals surface area (Å²) in [5, 5.41) is 12.5. The van der Waals surface area contributed by atoms with Gasteiger partial charge in [0, 0.05) is 23.7 Å². The van der Waals surface area contributed by atoms with Crippen molar-refractivity contribution in [1.82, 2.24) is 9.55 Å². The summed E-state index contributed by atoms with van der Waals surface area (Å²) in [6.07, 6.45) is -12.1. The number of aromatic nitrogens is 2. The highest BCUT2D eigenvalue weighted by Gasteiger charge is 2.71. The maximum absolute atomic E-state index is 13.9. The second kappa shape index (κ2) is 12.2. The third-order valence-electron chi connectivity index (χ3n) is 7.50. The van der Waals surface area contributed by atoms with Crippen LogP contribution in [-0.4, -0.2) is 46.3 Å². The molecule has 0 spiro atoms. The largest absolute Gasteiger partial charge is 0.484 e. The van der Waals surface area contributed by atoms with Gasteiger partial charge in [-0.1, -0.05) is 42.5 Å². The van der Waals surface area contributed by atoms with Gasteiger partial charge in [-0.2, -0.15) is 26.3 Å². The monoisotopic (exact) mass is 671 g/mol. The number of alkyl halides is 6. The van der Waals surface area contributed by atoms with Crippen LogP contribution in [0.15, 0.2) is 95.8 Å². The molecule has 5 aromatic rings. The molecule has 1 aliphatic heterocycles. The SMILES string of the molecule is O=C(COc1ccc2nc(Cc3ccccc3)n(-c3ccc(C(O)(C(F)(F)F)C(F)(F)F)cc3)c(=O)c2c1)Nc1ccc2c(c1)OCO2. The zero-order chi connectivity index (χ0) is 34.3. The lowest BCUT2D eigenvalue weighted by molar-refractivity contribution is -0.376. The average Bonchev–Trinajstić information content (AvgIpc) is 3.51. The average molecular weight is 672 g/mol. The summed E-state index contributed by atoms with van der Waals surface area (Å²) >= 11 is 0. The Labute approximate surface area is 266 Å². The first-order valence-corrected chi connectivity index (χ1v) is 14.1. The lowest BCUT2D eigenvalue weighted by Gasteiger charge is -2.32. The molecule has 15 heteroatoms. The smallest absolute Gasteiger partial charge is 0.430 e. The van der Waals surface area contributed by atoms with Crippen LogP contribution in [0.1, 0.15) is 17.0 Å². The van der Waals surface area contributed by atoms with E-state index in [1.165, 1.54) is 18.2 Å². The number of anilines is 1. The van der Waals surface area contributed by atoms with Crippen LogP contribution in [0.5, 0.6) is 17.2 Å². The van der Waals surface area contributed by atoms with Crippen molar-refractivity contribution in [3.8, 4) is 22.9 Å². The van der Waals surface area contributed by atoms with Crippen molar-refractivity contribution in [2.75, 3.05) is 18.7 Å². The predicted octanol–water partition coefficient (Wildman–Crippen LogP) is 6.03. The van der Waals surface area contributed by atoms with Crippen LogP contribution in [0.25, 0.3) is 16.6 Å². The fourth-order valence-corrected chi connectivity index (χ4v) is 5.12. The number of benzene rings is 4. The van der Waals surface area contributed by atoms with Gasteiger partial charge in [-0.25, -0.2) is 4.98 Å². The van der Waals surface area contributed by atoms with Gasteiger partial charge in [0.1, 0.15) is 11.6 Å². The molecule has 9 nitrogen and oxygen atoms in total. The molecule has 0 saturated heterocycles. The molecule has 1 aromatic heterocycles. The second-order valence-corrected chi connectivity index (χ2v) is 10.7. The van der Waals surface area contributed by atoms with E-state index in [9.17, 15) is 41.0 Å². The topological polar surface area (TPSA) is 112 Å². The minimum Gasteiger partial charge on any atom is -0.484 e. The molecule has 0 unspecified atom stereocenters. The van der Waals surface area contributed by atoms with Crippen molar-refractivity contribution in [3.05, 3.63) is 118 Å². The highest BCUT2D eigenvalue weighted by Crippen LogP contribution is 2.50. The van der Waals surface area contributed by atoms with Gasteiger partial charge >= 0.3 is 12.4 Å². The molecule has 48 heavy (non-hydrogen) atoms. The lowest BCUT2D eigenvalue weighted by Crippen LogP contribution is -2.53. The first kappa shape index (κ1) is 32.4. The number of hydrogen-bond acceptors (Lipinski definition) is 7. The molecule has 6 rings (SSSR count). The van der Waals surface area contributed by atoms with Crippen LogP contribution in [0.2, 0.25) is 0 Å². The number of amides is 1. The number of nitrogens with zero attached hydrogens (tertiary/aromatic N) is 2. The van der Waals surface area contributed by atoms with E-state index in [0.717, 1.165) is 16.7 Å². The van der Waals surface area contributed by atoms with Crippen molar-refractivity contribution in [2.24, 2.45) is 0 Å². The van der Waals surface area contributed by atoms with Crippen LogP contribution >= 0.6 is 0 Å². The fraction of sp³-hybridized carbons (Fsp3) is 0.182. The first-order valence-electron chi connectivity index (χ1n) is 14.1. The highest BCUT2D eigenvalue weighted by atomic mass is 19.4. The normalized spacial score (nSPS) is 13.1. The minimum absolute atomic E-state index is 0.00773. The number of hydrogen-bond donors (Lipinski definition) is 2. The Morgan fingerprint density at radius 1 is 0.875 bits per heavy atom. The Morgan fingerprint density at radius 3 is 2.25 bits per heavy atom. The van der Waals surface area contributed by atoms with Crippen molar-refractivity contribution in [3.63, 3.8) is 0 Å². The van der Waals surface area contributed by atoms with Crippen molar-refractivity contribution in [1.29, 1.82) is 0 Å². The second-order valence-electron chi connectivity index (χ2n) is 10.7. The van der Waals surface area contributed by atoms with E-state index in [0.29, 0.717) is 34.9 Å². The highest BCUT2D eigenvalue weighted by molar-refractivity contribution is 5.92. The summed E-state index contributed by atoms with van der Waals surface area (Å²) in [4.78, 5) is 31.0. The molecule has 0 fully saturated rings. The predicted molar refractivity (Wildman–Crippen MR) is 159 cm³/mol. The van der Waals surface area contributed by atoms with Gasteiger partial charge in [-0.15, -0.1) is 0 Å². The molecule has 1 amide bonds. The van der Waals surface area contributed by atoms with Gasteiger partial charge in [-0.05, 0) is 48.0 Å². The molecule has 4 aromatic carbocycles. The molecule has 0 radical (unpaired) electrons. The molecule has 0 saturated carbocycles. The standard InChI is InChI=1S/C33H23F6N3O6/c34-32(35,36)31(45,33(37,38)39)20-6-9-22(10-7-20)42-28(14-19-4-2-1-3-5-19)41-25-12-11-23(16-24(25)30(42)44)46-17-29(43)40-21-8-13-26-27(15-21)48-18-47-26/h1-13,15-16,45H,14,17-18H2,(H,40,43). The zero-order valence-electron chi connectivity index (χ0n) is 24.4. The van der Waals surface area contributed by atoms with Crippen LogP contribution in [-0.2, 0) is 16.8 Å². The van der Waals surface area contributed by atoms with Crippen LogP contribution in [0, 0.1) is 0 Å². The summed E-state index contributed by atoms with van der Waals surface area (Å²) < 4.78 is 98.1. The summed E-state index contributed by atoms with van der Waals surface area (Å²) in [6.45, 7) is -0.386. The number of carbonyl (C=O) groups excluding carboxylic acids is 1. The van der Waals surface area contributed by atoms with Gasteiger partial charge in [-0.3, -0.25) is 14.2 Å². The molecule has 0 aliphatic carbocycles. The maximum Gasteiger partial charge on any atom is 0.430 e. The summed E-state index contributed by atoms with van der Waals surface area (Å²) in [5.74, 6) is 0.710. The van der Waals surface area contributed by atoms with Gasteiger partial charge in [0.05, 0.1) is 16.6 Å². The van der Waals surface area contributed by atoms with Crippen LogP contribution in [0.3, 0.4) is 0 Å². The third-order valence-corrected chi connectivity index (χ3v) is 7.50. The molecule has 2 N–H and O–H groups in total. The first-order chi connectivity index (χ1) is 22.7. The number of rotatable bonds is 8. The molecule has 0 bridgehead atoms. The fourth-order valence-electron chi connectivity index (χ4n) is 5.12. The van der Waals surface area contributed by atoms with E-state index in [1.54, 1.807) is 48.5 Å². The van der Waals surface area contributed by atoms with Crippen molar-refractivity contribution >= 4 is 22.5 Å². The van der Waals surface area contributed by atoms with Gasteiger partial charge in [0.25, 0.3) is 17.1 Å². The number of carbonyl (C=O) groups is 1. The van der Waals surface area contributed by atoms with E-state index in [1.807, 2.05) is 0 Å². The Bertz CT molecular complexity index is 2030. The molecule has 1 aliphatic rings. The zero-order valence-corrected chi connectivity index (χ0v) is 24.4. The number of ether oxygens (including phenoxy) is 3. The number of fused-ring (bicyclic) bond motifs is 2.